The lowest BCUT2D eigenvalue weighted by Gasteiger charge is -2.18. The first kappa shape index (κ1) is 31.4. The van der Waals surface area contributed by atoms with E-state index in [4.69, 9.17) is 20.5 Å². The molecule has 0 aliphatic carbocycles. The molecule has 3 atom stereocenters. The van der Waals surface area contributed by atoms with Gasteiger partial charge in [0.25, 0.3) is 0 Å². The van der Waals surface area contributed by atoms with Crippen molar-refractivity contribution in [1.29, 1.82) is 0 Å². The van der Waals surface area contributed by atoms with Gasteiger partial charge in [-0.1, -0.05) is 90.0 Å². The minimum Gasteiger partial charge on any atom is -0.394 e. The Morgan fingerprint density at radius 1 is 0.969 bits per heavy atom. The van der Waals surface area contributed by atoms with Crippen LogP contribution in [0.25, 0.3) is 0 Å². The first-order valence-electron chi connectivity index (χ1n) is 12.2. The summed E-state index contributed by atoms with van der Waals surface area (Å²) in [5.41, 5.74) is 5.46. The zero-order valence-corrected chi connectivity index (χ0v) is 20.7. The van der Waals surface area contributed by atoms with E-state index in [2.05, 4.69) is 11.4 Å². The zero-order chi connectivity index (χ0) is 24.1. The molecule has 0 saturated heterocycles. The lowest BCUT2D eigenvalue weighted by molar-refractivity contribution is -0.121. The minimum absolute atomic E-state index is 0.279. The number of allylic oxidation sites excluding steroid dienone is 1. The number of carbonyl (C=O) groups is 1. The summed E-state index contributed by atoms with van der Waals surface area (Å²) in [5, 5.41) is 17.8. The lowest BCUT2D eigenvalue weighted by Crippen LogP contribution is -2.31. The van der Waals surface area contributed by atoms with Crippen LogP contribution >= 0.6 is 7.82 Å². The molecule has 0 radical (unpaired) electrons. The van der Waals surface area contributed by atoms with E-state index in [1.165, 1.54) is 76.7 Å². The topological polar surface area (TPSA) is 139 Å². The summed E-state index contributed by atoms with van der Waals surface area (Å²) >= 11 is 0. The van der Waals surface area contributed by atoms with Crippen molar-refractivity contribution in [2.24, 2.45) is 5.73 Å². The van der Waals surface area contributed by atoms with Crippen molar-refractivity contribution in [3.63, 3.8) is 0 Å². The summed E-state index contributed by atoms with van der Waals surface area (Å²) in [6, 6.07) is 0. The third-order valence-corrected chi connectivity index (χ3v) is 6.19. The molecule has 0 aromatic heterocycles. The van der Waals surface area contributed by atoms with E-state index in [0.29, 0.717) is 0 Å². The first-order valence-corrected chi connectivity index (χ1v) is 13.7. The standard InChI is InChI=1S/C23H46NO7P/c1-2-3-4-5-6-7-8-9-10-11-12-13-14-15-16-17-22(27)23(18-24)31-32(28,29)30-20-21(26)19-25/h16-17,21,23,25-26H,2-15,18-20,24H2,1H3,(H,28,29)/t21-,23?/m1/s1. The molecule has 2 unspecified atom stereocenters. The predicted molar refractivity (Wildman–Crippen MR) is 127 cm³/mol. The van der Waals surface area contributed by atoms with Gasteiger partial charge < -0.3 is 20.8 Å². The van der Waals surface area contributed by atoms with Gasteiger partial charge in [0.15, 0.2) is 5.78 Å². The number of hydrogen-bond donors (Lipinski definition) is 4. The zero-order valence-electron chi connectivity index (χ0n) is 19.8. The van der Waals surface area contributed by atoms with E-state index in [1.54, 1.807) is 6.08 Å². The van der Waals surface area contributed by atoms with Crippen LogP contribution in [-0.4, -0.2) is 52.9 Å². The fourth-order valence-corrected chi connectivity index (χ4v) is 4.15. The predicted octanol–water partition coefficient (Wildman–Crippen LogP) is 4.41. The Labute approximate surface area is 194 Å². The second kappa shape index (κ2) is 21.0. The maximum absolute atomic E-state index is 12.1. The average molecular weight is 480 g/mol. The molecule has 190 valence electrons. The highest BCUT2D eigenvalue weighted by molar-refractivity contribution is 7.47. The van der Waals surface area contributed by atoms with Gasteiger partial charge in [-0.2, -0.15) is 0 Å². The van der Waals surface area contributed by atoms with Crippen LogP contribution in [0.15, 0.2) is 12.2 Å². The number of unbranched alkanes of at least 4 members (excludes halogenated alkanes) is 13. The molecule has 5 N–H and O–H groups in total. The SMILES string of the molecule is CCCCCCCCCCCCCCCC=CC(=O)C(CN)OP(=O)(O)OC[C@H](O)CO. The molecule has 0 aromatic rings. The molecule has 0 aliphatic rings. The highest BCUT2D eigenvalue weighted by atomic mass is 31.2. The van der Waals surface area contributed by atoms with Crippen LogP contribution in [0.5, 0.6) is 0 Å². The number of rotatable bonds is 23. The molecule has 0 aromatic carbocycles. The molecule has 0 saturated carbocycles. The van der Waals surface area contributed by atoms with Crippen LogP contribution in [0.3, 0.4) is 0 Å². The van der Waals surface area contributed by atoms with Gasteiger partial charge in [0.2, 0.25) is 0 Å². The van der Waals surface area contributed by atoms with E-state index >= 15 is 0 Å². The van der Waals surface area contributed by atoms with Crippen LogP contribution in [0, 0.1) is 0 Å². The molecular weight excluding hydrogens is 433 g/mol. The molecule has 0 heterocycles. The summed E-state index contributed by atoms with van der Waals surface area (Å²) in [6.45, 7) is 0.748. The van der Waals surface area contributed by atoms with Crippen molar-refractivity contribution in [2.75, 3.05) is 19.8 Å². The summed E-state index contributed by atoms with van der Waals surface area (Å²) < 4.78 is 21.1. The van der Waals surface area contributed by atoms with Gasteiger partial charge in [0.05, 0.1) is 13.2 Å². The number of carbonyl (C=O) groups excluding carboxylic acids is 1. The maximum atomic E-state index is 12.1. The number of nitrogens with two attached hydrogens (primary N) is 1. The molecule has 9 heteroatoms. The summed E-state index contributed by atoms with van der Waals surface area (Å²) in [7, 11) is -4.57. The monoisotopic (exact) mass is 479 g/mol. The van der Waals surface area contributed by atoms with Gasteiger partial charge in [-0.15, -0.1) is 0 Å². The third-order valence-electron chi connectivity index (χ3n) is 5.19. The quantitative estimate of drug-likeness (QED) is 0.0960. The molecule has 0 amide bonds. The third kappa shape index (κ3) is 18.9. The largest absolute Gasteiger partial charge is 0.473 e. The van der Waals surface area contributed by atoms with Gasteiger partial charge in [0.1, 0.15) is 12.2 Å². The summed E-state index contributed by atoms with van der Waals surface area (Å²) in [4.78, 5) is 21.7. The Hall–Kier alpha value is -0.600. The average Bonchev–Trinajstić information content (AvgIpc) is 2.78. The van der Waals surface area contributed by atoms with E-state index in [-0.39, 0.29) is 6.54 Å². The number of hydrogen-bond acceptors (Lipinski definition) is 7. The van der Waals surface area contributed by atoms with Crippen molar-refractivity contribution in [2.45, 2.75) is 109 Å². The maximum Gasteiger partial charge on any atom is 0.473 e. The molecule has 0 aliphatic heterocycles. The Kier molecular flexibility index (Phi) is 20.6. The number of aliphatic hydroxyl groups excluding tert-OH is 2. The van der Waals surface area contributed by atoms with Gasteiger partial charge in [-0.3, -0.25) is 13.8 Å². The Morgan fingerprint density at radius 3 is 1.94 bits per heavy atom. The summed E-state index contributed by atoms with van der Waals surface area (Å²) in [6.07, 6.45) is 17.8. The van der Waals surface area contributed by atoms with Gasteiger partial charge in [0, 0.05) is 6.54 Å². The Bertz CT molecular complexity index is 530. The van der Waals surface area contributed by atoms with Crippen molar-refractivity contribution in [1.82, 2.24) is 0 Å². The van der Waals surface area contributed by atoms with Crippen molar-refractivity contribution in [3.8, 4) is 0 Å². The Balaban J connectivity index is 3.81. The lowest BCUT2D eigenvalue weighted by atomic mass is 10.0. The molecule has 32 heavy (non-hydrogen) atoms. The van der Waals surface area contributed by atoms with Gasteiger partial charge in [-0.05, 0) is 18.9 Å². The fraction of sp³-hybridized carbons (Fsp3) is 0.870. The summed E-state index contributed by atoms with van der Waals surface area (Å²) in [5.74, 6) is -0.511. The highest BCUT2D eigenvalue weighted by Gasteiger charge is 2.29. The number of phosphoric acid groups is 1. The van der Waals surface area contributed by atoms with Crippen LogP contribution in [0.1, 0.15) is 96.8 Å². The van der Waals surface area contributed by atoms with Gasteiger partial charge >= 0.3 is 7.82 Å². The molecule has 0 rings (SSSR count). The number of ketones is 1. The van der Waals surface area contributed by atoms with E-state index in [9.17, 15) is 14.3 Å². The van der Waals surface area contributed by atoms with E-state index < -0.39 is 39.0 Å². The molecule has 0 fully saturated rings. The van der Waals surface area contributed by atoms with Crippen molar-refractivity contribution >= 4 is 13.6 Å². The second-order valence-electron chi connectivity index (χ2n) is 8.27. The number of phosphoric ester groups is 1. The van der Waals surface area contributed by atoms with Crippen LogP contribution in [-0.2, 0) is 18.4 Å². The van der Waals surface area contributed by atoms with Crippen LogP contribution < -0.4 is 5.73 Å². The first-order chi connectivity index (χ1) is 15.4. The smallest absolute Gasteiger partial charge is 0.394 e. The molecular formula is C23H46NO7P. The molecule has 8 nitrogen and oxygen atoms in total. The van der Waals surface area contributed by atoms with Gasteiger partial charge in [-0.25, -0.2) is 4.57 Å². The van der Waals surface area contributed by atoms with E-state index in [0.717, 1.165) is 19.3 Å². The van der Waals surface area contributed by atoms with Crippen LogP contribution in [0.4, 0.5) is 0 Å². The normalized spacial score (nSPS) is 15.7. The number of aliphatic hydroxyl groups is 2. The van der Waals surface area contributed by atoms with Crippen molar-refractivity contribution in [3.05, 3.63) is 12.2 Å². The van der Waals surface area contributed by atoms with E-state index in [1.807, 2.05) is 0 Å². The molecule has 0 bridgehead atoms. The van der Waals surface area contributed by atoms with Crippen LogP contribution in [0.2, 0.25) is 0 Å². The molecule has 0 spiro atoms. The second-order valence-corrected chi connectivity index (χ2v) is 9.67. The minimum atomic E-state index is -4.57. The Morgan fingerprint density at radius 2 is 1.47 bits per heavy atom. The van der Waals surface area contributed by atoms with Crippen molar-refractivity contribution < 1.29 is 33.5 Å². The highest BCUT2D eigenvalue weighted by Crippen LogP contribution is 2.44. The fourth-order valence-electron chi connectivity index (χ4n) is 3.22.